The van der Waals surface area contributed by atoms with E-state index >= 15 is 0 Å². The highest BCUT2D eigenvalue weighted by atomic mass is 16.2. The van der Waals surface area contributed by atoms with Crippen LogP contribution < -0.4 is 11.1 Å². The van der Waals surface area contributed by atoms with Crippen LogP contribution in [0, 0.1) is 11.3 Å². The van der Waals surface area contributed by atoms with E-state index in [9.17, 15) is 4.79 Å². The van der Waals surface area contributed by atoms with Gasteiger partial charge in [0.25, 0.3) is 0 Å². The van der Waals surface area contributed by atoms with Gasteiger partial charge >= 0.3 is 0 Å². The Morgan fingerprint density at radius 3 is 2.63 bits per heavy atom. The van der Waals surface area contributed by atoms with E-state index in [1.807, 2.05) is 19.9 Å². The standard InChI is InChI=1S/C14H20N4O/c1-3-18(4-2)14(19)7-8-17-13-6-5-11(10-15)9-12(13)16/h5-6,9,17H,3-4,7-8,16H2,1-2H3. The number of hydrogen-bond acceptors (Lipinski definition) is 4. The van der Waals surface area contributed by atoms with Gasteiger partial charge in [0.1, 0.15) is 0 Å². The number of carbonyl (C=O) groups excluding carboxylic acids is 1. The number of nitrogens with zero attached hydrogens (tertiary/aromatic N) is 2. The first-order valence-electron chi connectivity index (χ1n) is 6.43. The first-order chi connectivity index (χ1) is 9.12. The molecule has 1 aromatic carbocycles. The molecule has 0 saturated heterocycles. The fourth-order valence-corrected chi connectivity index (χ4v) is 1.83. The number of carbonyl (C=O) groups is 1. The summed E-state index contributed by atoms with van der Waals surface area (Å²) in [5.41, 5.74) is 7.63. The van der Waals surface area contributed by atoms with Crippen LogP contribution in [-0.2, 0) is 4.79 Å². The summed E-state index contributed by atoms with van der Waals surface area (Å²) in [6.45, 7) is 5.93. The van der Waals surface area contributed by atoms with E-state index in [0.717, 1.165) is 18.8 Å². The second-order valence-corrected chi connectivity index (χ2v) is 4.16. The Hall–Kier alpha value is -2.22. The minimum absolute atomic E-state index is 0.129. The third-order valence-corrected chi connectivity index (χ3v) is 2.95. The first kappa shape index (κ1) is 14.8. The number of benzene rings is 1. The van der Waals surface area contributed by atoms with Gasteiger partial charge in [0, 0.05) is 26.1 Å². The van der Waals surface area contributed by atoms with Crippen LogP contribution in [0.4, 0.5) is 11.4 Å². The largest absolute Gasteiger partial charge is 0.397 e. The van der Waals surface area contributed by atoms with Crippen LogP contribution in [0.2, 0.25) is 0 Å². The average Bonchev–Trinajstić information content (AvgIpc) is 2.42. The molecule has 1 amide bonds. The van der Waals surface area contributed by atoms with Crippen LogP contribution in [0.25, 0.3) is 0 Å². The maximum absolute atomic E-state index is 11.8. The molecule has 5 heteroatoms. The lowest BCUT2D eigenvalue weighted by molar-refractivity contribution is -0.130. The van der Waals surface area contributed by atoms with Crippen LogP contribution in [0.3, 0.4) is 0 Å². The third-order valence-electron chi connectivity index (χ3n) is 2.95. The van der Waals surface area contributed by atoms with E-state index in [4.69, 9.17) is 11.0 Å². The summed E-state index contributed by atoms with van der Waals surface area (Å²) < 4.78 is 0. The fourth-order valence-electron chi connectivity index (χ4n) is 1.83. The van der Waals surface area contributed by atoms with Crippen molar-refractivity contribution in [3.05, 3.63) is 23.8 Å². The van der Waals surface area contributed by atoms with Gasteiger partial charge in [0.15, 0.2) is 0 Å². The Labute approximate surface area is 114 Å². The Morgan fingerprint density at radius 1 is 1.42 bits per heavy atom. The second kappa shape index (κ2) is 7.27. The van der Waals surface area contributed by atoms with Gasteiger partial charge < -0.3 is 16.0 Å². The number of nitrogen functional groups attached to an aromatic ring is 1. The molecule has 102 valence electrons. The molecule has 0 spiro atoms. The van der Waals surface area contributed by atoms with Gasteiger partial charge in [-0.2, -0.15) is 5.26 Å². The van der Waals surface area contributed by atoms with Crippen molar-refractivity contribution < 1.29 is 4.79 Å². The molecule has 0 heterocycles. The van der Waals surface area contributed by atoms with Crippen LogP contribution in [0.15, 0.2) is 18.2 Å². The molecule has 19 heavy (non-hydrogen) atoms. The molecule has 0 bridgehead atoms. The Kier molecular flexibility index (Phi) is 5.68. The summed E-state index contributed by atoms with van der Waals surface area (Å²) in [5.74, 6) is 0.129. The molecule has 0 aliphatic carbocycles. The molecule has 3 N–H and O–H groups in total. The third kappa shape index (κ3) is 4.18. The molecule has 0 radical (unpaired) electrons. The van der Waals surface area contributed by atoms with E-state index in [2.05, 4.69) is 5.32 Å². The summed E-state index contributed by atoms with van der Waals surface area (Å²) in [4.78, 5) is 13.6. The number of nitrogens with two attached hydrogens (primary N) is 1. The monoisotopic (exact) mass is 260 g/mol. The zero-order valence-corrected chi connectivity index (χ0v) is 11.4. The van der Waals surface area contributed by atoms with Gasteiger partial charge in [-0.05, 0) is 32.0 Å². The zero-order chi connectivity index (χ0) is 14.3. The lowest BCUT2D eigenvalue weighted by atomic mass is 10.2. The smallest absolute Gasteiger partial charge is 0.224 e. The van der Waals surface area contributed by atoms with Crippen molar-refractivity contribution in [2.45, 2.75) is 20.3 Å². The zero-order valence-electron chi connectivity index (χ0n) is 11.4. The van der Waals surface area contributed by atoms with Crippen LogP contribution >= 0.6 is 0 Å². The SMILES string of the molecule is CCN(CC)C(=O)CCNc1ccc(C#N)cc1N. The number of nitrogens with one attached hydrogen (secondary N) is 1. The van der Waals surface area contributed by atoms with Crippen molar-refractivity contribution in [2.75, 3.05) is 30.7 Å². The van der Waals surface area contributed by atoms with Gasteiger partial charge in [-0.1, -0.05) is 0 Å². The molecule has 0 aliphatic rings. The van der Waals surface area contributed by atoms with Crippen molar-refractivity contribution >= 4 is 17.3 Å². The number of rotatable bonds is 6. The highest BCUT2D eigenvalue weighted by Crippen LogP contribution is 2.19. The summed E-state index contributed by atoms with van der Waals surface area (Å²) in [6, 6.07) is 7.11. The van der Waals surface area contributed by atoms with Gasteiger partial charge in [0.05, 0.1) is 23.0 Å². The normalized spacial score (nSPS) is 9.74. The summed E-state index contributed by atoms with van der Waals surface area (Å²) in [5, 5.41) is 11.9. The minimum atomic E-state index is 0.129. The Balaban J connectivity index is 2.50. The van der Waals surface area contributed by atoms with E-state index in [-0.39, 0.29) is 5.91 Å². The van der Waals surface area contributed by atoms with E-state index < -0.39 is 0 Å². The number of amides is 1. The highest BCUT2D eigenvalue weighted by molar-refractivity contribution is 5.77. The van der Waals surface area contributed by atoms with Crippen LogP contribution in [-0.4, -0.2) is 30.4 Å². The number of nitriles is 1. The van der Waals surface area contributed by atoms with Crippen molar-refractivity contribution in [1.82, 2.24) is 4.90 Å². The number of anilines is 2. The van der Waals surface area contributed by atoms with Gasteiger partial charge in [-0.3, -0.25) is 4.79 Å². The molecular formula is C14H20N4O. The quantitative estimate of drug-likeness (QED) is 0.764. The highest BCUT2D eigenvalue weighted by Gasteiger charge is 2.09. The van der Waals surface area contributed by atoms with Crippen LogP contribution in [0.5, 0.6) is 0 Å². The lowest BCUT2D eigenvalue weighted by Gasteiger charge is -2.19. The average molecular weight is 260 g/mol. The Morgan fingerprint density at radius 2 is 2.11 bits per heavy atom. The first-order valence-corrected chi connectivity index (χ1v) is 6.43. The summed E-state index contributed by atoms with van der Waals surface area (Å²) in [7, 11) is 0. The van der Waals surface area contributed by atoms with E-state index in [1.165, 1.54) is 0 Å². The molecule has 0 aliphatic heterocycles. The van der Waals surface area contributed by atoms with Crippen molar-refractivity contribution in [3.8, 4) is 6.07 Å². The van der Waals surface area contributed by atoms with Crippen LogP contribution in [0.1, 0.15) is 25.8 Å². The molecular weight excluding hydrogens is 240 g/mol. The minimum Gasteiger partial charge on any atom is -0.397 e. The molecule has 0 fully saturated rings. The molecule has 1 aromatic rings. The van der Waals surface area contributed by atoms with Gasteiger partial charge in [-0.25, -0.2) is 0 Å². The molecule has 0 unspecified atom stereocenters. The number of hydrogen-bond donors (Lipinski definition) is 2. The molecule has 1 rings (SSSR count). The maximum Gasteiger partial charge on any atom is 0.224 e. The lowest BCUT2D eigenvalue weighted by Crippen LogP contribution is -2.31. The topological polar surface area (TPSA) is 82.2 Å². The molecule has 0 aromatic heterocycles. The fraction of sp³-hybridized carbons (Fsp3) is 0.429. The van der Waals surface area contributed by atoms with Gasteiger partial charge in [-0.15, -0.1) is 0 Å². The maximum atomic E-state index is 11.8. The van der Waals surface area contributed by atoms with Crippen molar-refractivity contribution in [1.29, 1.82) is 5.26 Å². The predicted molar refractivity (Wildman–Crippen MR) is 76.6 cm³/mol. The van der Waals surface area contributed by atoms with E-state index in [0.29, 0.717) is 24.2 Å². The Bertz CT molecular complexity index is 475. The summed E-state index contributed by atoms with van der Waals surface area (Å²) >= 11 is 0. The molecule has 0 atom stereocenters. The van der Waals surface area contributed by atoms with Gasteiger partial charge in [0.2, 0.25) is 5.91 Å². The molecule has 0 saturated carbocycles. The second-order valence-electron chi connectivity index (χ2n) is 4.16. The van der Waals surface area contributed by atoms with Crippen molar-refractivity contribution in [2.24, 2.45) is 0 Å². The van der Waals surface area contributed by atoms with Crippen molar-refractivity contribution in [3.63, 3.8) is 0 Å². The predicted octanol–water partition coefficient (Wildman–Crippen LogP) is 1.81. The summed E-state index contributed by atoms with van der Waals surface area (Å²) in [6.07, 6.45) is 0.432. The van der Waals surface area contributed by atoms with E-state index in [1.54, 1.807) is 23.1 Å². The molecule has 5 nitrogen and oxygen atoms in total.